The van der Waals surface area contributed by atoms with Gasteiger partial charge in [0, 0.05) is 6.04 Å². The number of rotatable bonds is 4. The Kier molecular flexibility index (Phi) is 3.58. The van der Waals surface area contributed by atoms with Crippen molar-refractivity contribution < 1.29 is 19.0 Å². The van der Waals surface area contributed by atoms with Crippen molar-refractivity contribution in [3.8, 4) is 5.75 Å². The molecule has 5 heteroatoms. The van der Waals surface area contributed by atoms with Crippen LogP contribution >= 0.6 is 0 Å². The molecule has 92 valence electrons. The highest BCUT2D eigenvalue weighted by Crippen LogP contribution is 2.19. The monoisotopic (exact) mass is 239 g/mol. The van der Waals surface area contributed by atoms with Gasteiger partial charge in [-0.25, -0.2) is 4.39 Å². The van der Waals surface area contributed by atoms with Crippen LogP contribution < -0.4 is 10.1 Å². The molecule has 0 spiro atoms. The number of aliphatic hydroxyl groups excluding tert-OH is 1. The van der Waals surface area contributed by atoms with Crippen molar-refractivity contribution >= 4 is 5.91 Å². The molecule has 1 aromatic carbocycles. The first kappa shape index (κ1) is 11.9. The zero-order valence-corrected chi connectivity index (χ0v) is 9.23. The average molecular weight is 239 g/mol. The van der Waals surface area contributed by atoms with Crippen LogP contribution in [0.1, 0.15) is 12.8 Å². The summed E-state index contributed by atoms with van der Waals surface area (Å²) >= 11 is 0. The number of ether oxygens (including phenoxy) is 1. The number of para-hydroxylation sites is 1. The van der Waals surface area contributed by atoms with Crippen molar-refractivity contribution in [1.29, 1.82) is 0 Å². The van der Waals surface area contributed by atoms with E-state index in [0.717, 1.165) is 0 Å². The lowest BCUT2D eigenvalue weighted by atomic mass is 9.89. The minimum Gasteiger partial charge on any atom is -0.481 e. The van der Waals surface area contributed by atoms with Gasteiger partial charge < -0.3 is 15.2 Å². The Morgan fingerprint density at radius 1 is 1.47 bits per heavy atom. The summed E-state index contributed by atoms with van der Waals surface area (Å²) in [5.74, 6) is -0.721. The molecule has 17 heavy (non-hydrogen) atoms. The predicted octanol–water partition coefficient (Wildman–Crippen LogP) is 0.844. The van der Waals surface area contributed by atoms with Gasteiger partial charge in [-0.1, -0.05) is 12.1 Å². The van der Waals surface area contributed by atoms with Crippen LogP contribution in [0.4, 0.5) is 4.39 Å². The molecule has 4 nitrogen and oxygen atoms in total. The van der Waals surface area contributed by atoms with E-state index in [1.807, 2.05) is 0 Å². The Labute approximate surface area is 98.4 Å². The van der Waals surface area contributed by atoms with Gasteiger partial charge in [0.25, 0.3) is 5.91 Å². The summed E-state index contributed by atoms with van der Waals surface area (Å²) in [6, 6.07) is 5.95. The molecular weight excluding hydrogens is 225 g/mol. The standard InChI is InChI=1S/C12H14FNO3/c13-10-3-1-2-4-11(10)17-7-12(16)14-8-5-9(15)6-8/h1-4,8-9,15H,5-7H2,(H,14,16). The maximum Gasteiger partial charge on any atom is 0.258 e. The van der Waals surface area contributed by atoms with E-state index in [4.69, 9.17) is 9.84 Å². The molecule has 0 radical (unpaired) electrons. The number of hydrogen-bond donors (Lipinski definition) is 2. The molecule has 1 saturated carbocycles. The van der Waals surface area contributed by atoms with Crippen LogP contribution in [-0.4, -0.2) is 29.8 Å². The third-order valence-corrected chi connectivity index (χ3v) is 2.67. The molecule has 2 rings (SSSR count). The second-order valence-corrected chi connectivity index (χ2v) is 4.11. The topological polar surface area (TPSA) is 58.6 Å². The van der Waals surface area contributed by atoms with Crippen molar-refractivity contribution in [1.82, 2.24) is 5.32 Å². The average Bonchev–Trinajstić information content (AvgIpc) is 2.26. The smallest absolute Gasteiger partial charge is 0.258 e. The van der Waals surface area contributed by atoms with Crippen molar-refractivity contribution in [3.05, 3.63) is 30.1 Å². The first-order chi connectivity index (χ1) is 8.15. The SMILES string of the molecule is O=C(COc1ccccc1F)NC1CC(O)C1. The van der Waals surface area contributed by atoms with Gasteiger partial charge in [0.05, 0.1) is 6.10 Å². The van der Waals surface area contributed by atoms with E-state index in [1.165, 1.54) is 12.1 Å². The van der Waals surface area contributed by atoms with Crippen molar-refractivity contribution in [2.24, 2.45) is 0 Å². The van der Waals surface area contributed by atoms with Gasteiger partial charge in [0.2, 0.25) is 0 Å². The Bertz CT molecular complexity index is 404. The number of carbonyl (C=O) groups is 1. The first-order valence-corrected chi connectivity index (χ1v) is 5.50. The highest BCUT2D eigenvalue weighted by atomic mass is 19.1. The summed E-state index contributed by atoms with van der Waals surface area (Å²) in [5.41, 5.74) is 0. The highest BCUT2D eigenvalue weighted by Gasteiger charge is 2.28. The Morgan fingerprint density at radius 3 is 2.82 bits per heavy atom. The molecule has 0 aliphatic heterocycles. The fourth-order valence-electron chi connectivity index (χ4n) is 1.68. The number of halogens is 1. The van der Waals surface area contributed by atoms with Crippen molar-refractivity contribution in [3.63, 3.8) is 0 Å². The minimum atomic E-state index is -0.487. The fraction of sp³-hybridized carbons (Fsp3) is 0.417. The number of aliphatic hydroxyl groups is 1. The normalized spacial score (nSPS) is 22.7. The molecule has 1 fully saturated rings. The third-order valence-electron chi connectivity index (χ3n) is 2.67. The van der Waals surface area contributed by atoms with E-state index >= 15 is 0 Å². The molecule has 0 unspecified atom stereocenters. The molecular formula is C12H14FNO3. The summed E-state index contributed by atoms with van der Waals surface area (Å²) in [5, 5.41) is 11.7. The fourth-order valence-corrected chi connectivity index (χ4v) is 1.68. The van der Waals surface area contributed by atoms with Gasteiger partial charge in [-0.15, -0.1) is 0 Å². The maximum atomic E-state index is 13.1. The number of amides is 1. The van der Waals surface area contributed by atoms with Gasteiger partial charge in [-0.05, 0) is 25.0 Å². The number of hydrogen-bond acceptors (Lipinski definition) is 3. The maximum absolute atomic E-state index is 13.1. The van der Waals surface area contributed by atoms with E-state index in [2.05, 4.69) is 5.32 Å². The molecule has 0 heterocycles. The van der Waals surface area contributed by atoms with Crippen LogP contribution in [0.5, 0.6) is 5.75 Å². The molecule has 0 aromatic heterocycles. The van der Waals surface area contributed by atoms with Crippen molar-refractivity contribution in [2.75, 3.05) is 6.61 Å². The lowest BCUT2D eigenvalue weighted by molar-refractivity contribution is -0.125. The Hall–Kier alpha value is -1.62. The molecule has 1 aromatic rings. The zero-order valence-electron chi connectivity index (χ0n) is 9.23. The zero-order chi connectivity index (χ0) is 12.3. The highest BCUT2D eigenvalue weighted by molar-refractivity contribution is 5.78. The first-order valence-electron chi connectivity index (χ1n) is 5.50. The summed E-state index contributed by atoms with van der Waals surface area (Å²) in [6.07, 6.45) is 0.837. The molecule has 1 aliphatic carbocycles. The van der Waals surface area contributed by atoms with E-state index in [0.29, 0.717) is 12.8 Å². The van der Waals surface area contributed by atoms with Crippen LogP contribution in [-0.2, 0) is 4.79 Å². The van der Waals surface area contributed by atoms with E-state index in [9.17, 15) is 9.18 Å². The number of carbonyl (C=O) groups excluding carboxylic acids is 1. The van der Waals surface area contributed by atoms with Gasteiger partial charge in [0.1, 0.15) is 0 Å². The largest absolute Gasteiger partial charge is 0.481 e. The van der Waals surface area contributed by atoms with E-state index in [-0.39, 0.29) is 30.4 Å². The molecule has 2 N–H and O–H groups in total. The molecule has 1 amide bonds. The van der Waals surface area contributed by atoms with Crippen LogP contribution in [0, 0.1) is 5.82 Å². The molecule has 0 atom stereocenters. The van der Waals surface area contributed by atoms with Gasteiger partial charge >= 0.3 is 0 Å². The summed E-state index contributed by atoms with van der Waals surface area (Å²) in [7, 11) is 0. The lowest BCUT2D eigenvalue weighted by Crippen LogP contribution is -2.48. The third kappa shape index (κ3) is 3.17. The predicted molar refractivity (Wildman–Crippen MR) is 59.1 cm³/mol. The van der Waals surface area contributed by atoms with Crippen LogP contribution in [0.25, 0.3) is 0 Å². The van der Waals surface area contributed by atoms with Crippen LogP contribution in [0.3, 0.4) is 0 Å². The second kappa shape index (κ2) is 5.14. The number of benzene rings is 1. The lowest BCUT2D eigenvalue weighted by Gasteiger charge is -2.31. The molecule has 0 bridgehead atoms. The van der Waals surface area contributed by atoms with Gasteiger partial charge in [-0.3, -0.25) is 4.79 Å². The summed E-state index contributed by atoms with van der Waals surface area (Å²) < 4.78 is 18.2. The Balaban J connectivity index is 1.75. The van der Waals surface area contributed by atoms with Gasteiger partial charge in [-0.2, -0.15) is 0 Å². The van der Waals surface area contributed by atoms with E-state index < -0.39 is 5.82 Å². The summed E-state index contributed by atoms with van der Waals surface area (Å²) in [4.78, 5) is 11.4. The second-order valence-electron chi connectivity index (χ2n) is 4.11. The quantitative estimate of drug-likeness (QED) is 0.818. The summed E-state index contributed by atoms with van der Waals surface area (Å²) in [6.45, 7) is -0.215. The van der Waals surface area contributed by atoms with Crippen molar-refractivity contribution in [2.45, 2.75) is 25.0 Å². The molecule has 0 saturated heterocycles. The van der Waals surface area contributed by atoms with Crippen LogP contribution in [0.2, 0.25) is 0 Å². The molecule has 1 aliphatic rings. The van der Waals surface area contributed by atoms with Crippen LogP contribution in [0.15, 0.2) is 24.3 Å². The van der Waals surface area contributed by atoms with E-state index in [1.54, 1.807) is 12.1 Å². The Morgan fingerprint density at radius 2 is 2.18 bits per heavy atom. The minimum absolute atomic E-state index is 0.0155. The number of nitrogens with one attached hydrogen (secondary N) is 1. The van der Waals surface area contributed by atoms with Gasteiger partial charge in [0.15, 0.2) is 18.2 Å².